The van der Waals surface area contributed by atoms with Crippen molar-refractivity contribution in [2.24, 2.45) is 0 Å². The molecule has 3 aromatic heterocycles. The lowest BCUT2D eigenvalue weighted by atomic mass is 10.1. The predicted octanol–water partition coefficient (Wildman–Crippen LogP) is 4.88. The Bertz CT molecular complexity index is 985. The van der Waals surface area contributed by atoms with Gasteiger partial charge in [-0.15, -0.1) is 0 Å². The predicted molar refractivity (Wildman–Crippen MR) is 92.6 cm³/mol. The average Bonchev–Trinajstić information content (AvgIpc) is 2.99. The van der Waals surface area contributed by atoms with Gasteiger partial charge in [-0.1, -0.05) is 25.4 Å². The molecule has 27 heavy (non-hydrogen) atoms. The third-order valence-corrected chi connectivity index (χ3v) is 4.19. The molecule has 5 nitrogen and oxygen atoms in total. The molecule has 0 spiro atoms. The summed E-state index contributed by atoms with van der Waals surface area (Å²) in [6.45, 7) is 3.43. The molecule has 0 amide bonds. The largest absolute Gasteiger partial charge is 0.456 e. The fraction of sp³-hybridized carbons (Fsp3) is 0.278. The molecule has 9 heteroatoms. The number of carbonyl (C=O) groups is 1. The first-order valence-corrected chi connectivity index (χ1v) is 8.41. The second kappa shape index (κ2) is 7.19. The van der Waals surface area contributed by atoms with Crippen molar-refractivity contribution < 1.29 is 22.7 Å². The molecule has 142 valence electrons. The Labute approximate surface area is 157 Å². The first-order valence-electron chi connectivity index (χ1n) is 8.03. The quantitative estimate of drug-likeness (QED) is 0.589. The minimum atomic E-state index is -4.57. The van der Waals surface area contributed by atoms with Crippen LogP contribution in [0.5, 0.6) is 0 Å². The van der Waals surface area contributed by atoms with Crippen LogP contribution in [0.25, 0.3) is 5.65 Å². The normalized spacial score (nSPS) is 12.0. The summed E-state index contributed by atoms with van der Waals surface area (Å²) in [4.78, 5) is 20.3. The number of imidazole rings is 1. The van der Waals surface area contributed by atoms with Crippen LogP contribution in [0.4, 0.5) is 13.2 Å². The van der Waals surface area contributed by atoms with Crippen molar-refractivity contribution in [1.29, 1.82) is 0 Å². The number of aromatic nitrogens is 3. The van der Waals surface area contributed by atoms with Gasteiger partial charge in [0.1, 0.15) is 6.61 Å². The van der Waals surface area contributed by atoms with Crippen LogP contribution in [-0.2, 0) is 17.5 Å². The van der Waals surface area contributed by atoms with E-state index in [0.29, 0.717) is 11.4 Å². The highest BCUT2D eigenvalue weighted by Crippen LogP contribution is 2.34. The van der Waals surface area contributed by atoms with Crippen LogP contribution in [-0.4, -0.2) is 20.3 Å². The van der Waals surface area contributed by atoms with Crippen molar-refractivity contribution in [3.05, 3.63) is 64.3 Å². The average molecular weight is 398 g/mol. The van der Waals surface area contributed by atoms with Gasteiger partial charge in [-0.25, -0.2) is 9.78 Å². The summed E-state index contributed by atoms with van der Waals surface area (Å²) in [6.07, 6.45) is -0.797. The third kappa shape index (κ3) is 3.90. The van der Waals surface area contributed by atoms with Crippen molar-refractivity contribution in [2.45, 2.75) is 32.5 Å². The van der Waals surface area contributed by atoms with Crippen LogP contribution in [0, 0.1) is 0 Å². The first-order chi connectivity index (χ1) is 12.7. The van der Waals surface area contributed by atoms with Crippen LogP contribution in [0.2, 0.25) is 5.02 Å². The van der Waals surface area contributed by atoms with Gasteiger partial charge in [0, 0.05) is 18.6 Å². The van der Waals surface area contributed by atoms with Gasteiger partial charge in [0.2, 0.25) is 0 Å². The smallest absolute Gasteiger partial charge is 0.417 e. The minimum Gasteiger partial charge on any atom is -0.456 e. The topological polar surface area (TPSA) is 56.5 Å². The number of alkyl halides is 3. The second-order valence-corrected chi connectivity index (χ2v) is 6.59. The van der Waals surface area contributed by atoms with E-state index in [1.165, 1.54) is 22.9 Å². The van der Waals surface area contributed by atoms with Crippen LogP contribution in [0.15, 0.2) is 36.8 Å². The van der Waals surface area contributed by atoms with Crippen molar-refractivity contribution >= 4 is 23.2 Å². The Morgan fingerprint density at radius 2 is 2.11 bits per heavy atom. The maximum Gasteiger partial charge on any atom is 0.417 e. The summed E-state index contributed by atoms with van der Waals surface area (Å²) in [7, 11) is 0. The highest BCUT2D eigenvalue weighted by molar-refractivity contribution is 6.33. The summed E-state index contributed by atoms with van der Waals surface area (Å²) in [6, 6.07) is 3.95. The van der Waals surface area contributed by atoms with Crippen LogP contribution in [0.3, 0.4) is 0 Å². The zero-order valence-corrected chi connectivity index (χ0v) is 15.2. The van der Waals surface area contributed by atoms with Gasteiger partial charge in [-0.2, -0.15) is 13.2 Å². The SMILES string of the molecule is CC(C)c1nc2c(Cl)cc(C(F)(F)F)cn2c1COC(=O)c1cccnc1. The Morgan fingerprint density at radius 1 is 1.37 bits per heavy atom. The number of ether oxygens (including phenoxy) is 1. The summed E-state index contributed by atoms with van der Waals surface area (Å²) >= 11 is 6.02. The molecular formula is C18H15ClF3N3O2. The molecule has 0 saturated heterocycles. The number of rotatable bonds is 4. The maximum atomic E-state index is 13.1. The second-order valence-electron chi connectivity index (χ2n) is 6.18. The lowest BCUT2D eigenvalue weighted by Gasteiger charge is -2.11. The standard InChI is InChI=1S/C18H15ClF3N3O2/c1-10(2)15-14(9-27-17(26)11-4-3-5-23-7-11)25-8-12(18(20,21)22)6-13(19)16(25)24-15/h3-8,10H,9H2,1-2H3. The fourth-order valence-corrected chi connectivity index (χ4v) is 2.88. The van der Waals surface area contributed by atoms with Gasteiger partial charge in [0.25, 0.3) is 0 Å². The van der Waals surface area contributed by atoms with Gasteiger partial charge >= 0.3 is 12.1 Å². The molecule has 0 saturated carbocycles. The summed E-state index contributed by atoms with van der Waals surface area (Å²) in [5.41, 5.74) is 0.361. The number of esters is 1. The first kappa shape index (κ1) is 19.2. The fourth-order valence-electron chi connectivity index (χ4n) is 2.63. The number of hydrogen-bond donors (Lipinski definition) is 0. The number of pyridine rings is 2. The van der Waals surface area contributed by atoms with E-state index in [9.17, 15) is 18.0 Å². The third-order valence-electron chi connectivity index (χ3n) is 3.92. The molecule has 3 aromatic rings. The Balaban J connectivity index is 2.03. The highest BCUT2D eigenvalue weighted by Gasteiger charge is 2.32. The lowest BCUT2D eigenvalue weighted by Crippen LogP contribution is -2.10. The summed E-state index contributed by atoms with van der Waals surface area (Å²) < 4.78 is 45.9. The van der Waals surface area contributed by atoms with Gasteiger partial charge in [-0.3, -0.25) is 9.38 Å². The van der Waals surface area contributed by atoms with E-state index >= 15 is 0 Å². The maximum absolute atomic E-state index is 13.1. The molecule has 0 N–H and O–H groups in total. The van der Waals surface area contributed by atoms with Gasteiger partial charge in [-0.05, 0) is 24.1 Å². The number of halogens is 4. The molecule has 0 unspecified atom stereocenters. The Hall–Kier alpha value is -2.61. The van der Waals surface area contributed by atoms with E-state index in [4.69, 9.17) is 16.3 Å². The molecule has 3 heterocycles. The monoisotopic (exact) mass is 397 g/mol. The van der Waals surface area contributed by atoms with Crippen LogP contribution < -0.4 is 0 Å². The van der Waals surface area contributed by atoms with Gasteiger partial charge < -0.3 is 4.74 Å². The molecule has 0 fully saturated rings. The molecule has 3 rings (SSSR count). The molecule has 0 radical (unpaired) electrons. The summed E-state index contributed by atoms with van der Waals surface area (Å²) in [5, 5.41) is -0.128. The van der Waals surface area contributed by atoms with E-state index in [1.807, 2.05) is 13.8 Å². The molecular weight excluding hydrogens is 383 g/mol. The molecule has 0 aromatic carbocycles. The number of hydrogen-bond acceptors (Lipinski definition) is 4. The Kier molecular flexibility index (Phi) is 5.10. The molecule has 0 aliphatic rings. The highest BCUT2D eigenvalue weighted by atomic mass is 35.5. The molecule has 0 aliphatic carbocycles. The van der Waals surface area contributed by atoms with Gasteiger partial charge in [0.05, 0.1) is 27.5 Å². The molecule has 0 aliphatic heterocycles. The van der Waals surface area contributed by atoms with E-state index in [1.54, 1.807) is 6.07 Å². The van der Waals surface area contributed by atoms with Crippen LogP contribution >= 0.6 is 11.6 Å². The Morgan fingerprint density at radius 3 is 2.70 bits per heavy atom. The van der Waals surface area contributed by atoms with Gasteiger partial charge in [0.15, 0.2) is 5.65 Å². The summed E-state index contributed by atoms with van der Waals surface area (Å²) in [5.74, 6) is -0.742. The van der Waals surface area contributed by atoms with E-state index < -0.39 is 17.7 Å². The van der Waals surface area contributed by atoms with E-state index in [2.05, 4.69) is 9.97 Å². The van der Waals surface area contributed by atoms with Crippen LogP contribution in [0.1, 0.15) is 47.1 Å². The van der Waals surface area contributed by atoms with E-state index in [0.717, 1.165) is 12.3 Å². The van der Waals surface area contributed by atoms with Crippen molar-refractivity contribution in [2.75, 3.05) is 0 Å². The lowest BCUT2D eigenvalue weighted by molar-refractivity contribution is -0.137. The number of carbonyl (C=O) groups excluding carboxylic acids is 1. The zero-order valence-electron chi connectivity index (χ0n) is 14.4. The zero-order chi connectivity index (χ0) is 19.8. The van der Waals surface area contributed by atoms with Crippen molar-refractivity contribution in [3.63, 3.8) is 0 Å². The van der Waals surface area contributed by atoms with E-state index in [-0.39, 0.29) is 28.8 Å². The number of nitrogens with zero attached hydrogens (tertiary/aromatic N) is 3. The van der Waals surface area contributed by atoms with Crippen molar-refractivity contribution in [3.8, 4) is 0 Å². The number of fused-ring (bicyclic) bond motifs is 1. The minimum absolute atomic E-state index is 0.109. The molecule has 0 bridgehead atoms. The molecule has 0 atom stereocenters. The van der Waals surface area contributed by atoms with Crippen molar-refractivity contribution in [1.82, 2.24) is 14.4 Å².